The van der Waals surface area contributed by atoms with Gasteiger partial charge in [0.15, 0.2) is 0 Å². The van der Waals surface area contributed by atoms with Crippen LogP contribution in [0, 0.1) is 50.7 Å². The number of hydrogen-bond donors (Lipinski definition) is 0. The molecular weight excluding hydrogens is 460 g/mol. The summed E-state index contributed by atoms with van der Waals surface area (Å²) in [4.78, 5) is 24.5. The molecule has 0 spiro atoms. The predicted molar refractivity (Wildman–Crippen MR) is 147 cm³/mol. The van der Waals surface area contributed by atoms with E-state index in [0.29, 0.717) is 28.8 Å². The van der Waals surface area contributed by atoms with E-state index in [1.165, 1.54) is 51.9 Å². The van der Waals surface area contributed by atoms with Crippen molar-refractivity contribution in [3.05, 3.63) is 11.6 Å². The van der Waals surface area contributed by atoms with Crippen molar-refractivity contribution in [1.82, 2.24) is 0 Å². The van der Waals surface area contributed by atoms with Crippen LogP contribution < -0.4 is 0 Å². The molecule has 0 bridgehead atoms. The highest BCUT2D eigenvalue weighted by atomic mass is 16.5. The predicted octanol–water partition coefficient (Wildman–Crippen LogP) is 7.54. The van der Waals surface area contributed by atoms with E-state index in [-0.39, 0.29) is 28.8 Å². The van der Waals surface area contributed by atoms with E-state index in [9.17, 15) is 9.59 Å². The minimum Gasteiger partial charge on any atom is -0.462 e. The van der Waals surface area contributed by atoms with Gasteiger partial charge in [-0.3, -0.25) is 4.79 Å². The summed E-state index contributed by atoms with van der Waals surface area (Å²) in [7, 11) is 1.91. The Balaban J connectivity index is 1.48. The van der Waals surface area contributed by atoms with E-state index in [2.05, 4.69) is 47.6 Å². The lowest BCUT2D eigenvalue weighted by Gasteiger charge is -2.64. The second kappa shape index (κ2) is 8.93. The lowest BCUT2D eigenvalue weighted by molar-refractivity contribution is -0.178. The quantitative estimate of drug-likeness (QED) is 0.223. The van der Waals surface area contributed by atoms with Crippen molar-refractivity contribution in [3.63, 3.8) is 0 Å². The van der Waals surface area contributed by atoms with Crippen LogP contribution in [0.25, 0.3) is 0 Å². The summed E-state index contributed by atoms with van der Waals surface area (Å²) in [5.41, 5.74) is 2.03. The van der Waals surface area contributed by atoms with Gasteiger partial charge in [0.2, 0.25) is 0 Å². The zero-order valence-corrected chi connectivity index (χ0v) is 24.8. The second-order valence-electron chi connectivity index (χ2n) is 15.4. The zero-order chi connectivity index (χ0) is 27.0. The summed E-state index contributed by atoms with van der Waals surface area (Å²) >= 11 is 0. The number of esters is 1. The molecule has 0 amide bonds. The first-order valence-corrected chi connectivity index (χ1v) is 15.1. The Morgan fingerprint density at radius 1 is 0.865 bits per heavy atom. The third-order valence-electron chi connectivity index (χ3n) is 13.4. The SMILES string of the molecule is CO[C@H]1CC[C@@]2(C)[C@@H](CC[C@@]3(C)CC4=CC[C@H]5[C@@](C)(C=O)[C@@H](OC(C)=O)CC[C@]5(C)[C@H]4CC[C@@H]32)C1(C)C. The summed E-state index contributed by atoms with van der Waals surface area (Å²) in [6, 6.07) is 0. The summed E-state index contributed by atoms with van der Waals surface area (Å²) in [6.07, 6.45) is 15.2. The number of fused-ring (bicyclic) bond motifs is 6. The van der Waals surface area contributed by atoms with Crippen molar-refractivity contribution in [2.45, 2.75) is 125 Å². The molecule has 0 aromatic carbocycles. The highest BCUT2D eigenvalue weighted by Crippen LogP contribution is 2.70. The Bertz CT molecular complexity index is 967. The summed E-state index contributed by atoms with van der Waals surface area (Å²) in [5.74, 6) is 1.90. The summed E-state index contributed by atoms with van der Waals surface area (Å²) in [5, 5.41) is 0. The van der Waals surface area contributed by atoms with Gasteiger partial charge >= 0.3 is 5.97 Å². The second-order valence-corrected chi connectivity index (χ2v) is 15.4. The van der Waals surface area contributed by atoms with Crippen molar-refractivity contribution in [2.24, 2.45) is 50.7 Å². The van der Waals surface area contributed by atoms with Crippen LogP contribution in [0.2, 0.25) is 0 Å². The molecule has 0 aromatic heterocycles. The largest absolute Gasteiger partial charge is 0.462 e. The molecule has 5 rings (SSSR count). The fraction of sp³-hybridized carbons (Fsp3) is 0.879. The van der Waals surface area contributed by atoms with Crippen molar-refractivity contribution >= 4 is 12.3 Å². The minimum atomic E-state index is -0.622. The molecule has 0 saturated heterocycles. The smallest absolute Gasteiger partial charge is 0.302 e. The molecule has 208 valence electrons. The van der Waals surface area contributed by atoms with Gasteiger partial charge in [-0.2, -0.15) is 0 Å². The van der Waals surface area contributed by atoms with Crippen molar-refractivity contribution in [1.29, 1.82) is 0 Å². The normalized spacial score (nSPS) is 50.8. The number of carbonyl (C=O) groups excluding carboxylic acids is 2. The number of aldehydes is 1. The van der Waals surface area contributed by atoms with Crippen molar-refractivity contribution in [3.8, 4) is 0 Å². The first-order valence-electron chi connectivity index (χ1n) is 15.1. The van der Waals surface area contributed by atoms with Gasteiger partial charge in [-0.25, -0.2) is 0 Å². The van der Waals surface area contributed by atoms with Gasteiger partial charge in [0.1, 0.15) is 12.4 Å². The lowest BCUT2D eigenvalue weighted by Crippen LogP contribution is -2.58. The summed E-state index contributed by atoms with van der Waals surface area (Å²) < 4.78 is 11.8. The van der Waals surface area contributed by atoms with E-state index in [1.54, 1.807) is 5.57 Å². The molecule has 0 aromatic rings. The van der Waals surface area contributed by atoms with Crippen LogP contribution in [-0.2, 0) is 19.1 Å². The number of allylic oxidation sites excluding steroid dienone is 2. The van der Waals surface area contributed by atoms with Crippen LogP contribution in [-0.4, -0.2) is 31.6 Å². The molecule has 10 atom stereocenters. The van der Waals surface area contributed by atoms with E-state index in [1.807, 2.05) is 7.11 Å². The molecule has 0 N–H and O–H groups in total. The van der Waals surface area contributed by atoms with Crippen LogP contribution >= 0.6 is 0 Å². The minimum absolute atomic E-state index is 0.0769. The van der Waals surface area contributed by atoms with Crippen molar-refractivity contribution < 1.29 is 19.1 Å². The fourth-order valence-electron chi connectivity index (χ4n) is 11.6. The third-order valence-corrected chi connectivity index (χ3v) is 13.4. The summed E-state index contributed by atoms with van der Waals surface area (Å²) in [6.45, 7) is 16.2. The van der Waals surface area contributed by atoms with Crippen LogP contribution in [0.15, 0.2) is 11.6 Å². The molecule has 0 aliphatic heterocycles. The molecule has 4 heteroatoms. The molecule has 0 heterocycles. The van der Waals surface area contributed by atoms with E-state index in [0.717, 1.165) is 31.5 Å². The molecule has 0 unspecified atom stereocenters. The standard InChI is InChI=1S/C33H52O4/c1-21(35)37-28-15-17-31(5)23-10-12-25-30(4,19-22(23)9-11-26(31)33(28,7)20-34)16-13-24-29(2,3)27(36-8)14-18-32(24,25)6/h9,20,23-28H,10-19H2,1-8H3/t23-,24-,25-,26+,27-,28-,30-,31+,32-,33+/m0/s1. The Hall–Kier alpha value is -1.16. The monoisotopic (exact) mass is 512 g/mol. The Labute approximate surface area is 225 Å². The van der Waals surface area contributed by atoms with Crippen LogP contribution in [0.3, 0.4) is 0 Å². The number of methoxy groups -OCH3 is 1. The van der Waals surface area contributed by atoms with Crippen molar-refractivity contribution in [2.75, 3.05) is 7.11 Å². The molecule has 4 saturated carbocycles. The fourth-order valence-corrected chi connectivity index (χ4v) is 11.6. The maximum atomic E-state index is 12.6. The van der Waals surface area contributed by atoms with Gasteiger partial charge in [-0.05, 0) is 116 Å². The van der Waals surface area contributed by atoms with Crippen LogP contribution in [0.5, 0.6) is 0 Å². The number of rotatable bonds is 3. The van der Waals surface area contributed by atoms with Crippen LogP contribution in [0.1, 0.15) is 113 Å². The van der Waals surface area contributed by atoms with Gasteiger partial charge < -0.3 is 14.3 Å². The third kappa shape index (κ3) is 3.85. The molecule has 5 aliphatic rings. The van der Waals surface area contributed by atoms with Gasteiger partial charge in [0, 0.05) is 14.0 Å². The highest BCUT2D eigenvalue weighted by Gasteiger charge is 2.64. The molecular formula is C33H52O4. The lowest BCUT2D eigenvalue weighted by atomic mass is 9.42. The number of carbonyl (C=O) groups is 2. The average molecular weight is 513 g/mol. The van der Waals surface area contributed by atoms with E-state index < -0.39 is 5.41 Å². The first-order chi connectivity index (χ1) is 17.3. The van der Waals surface area contributed by atoms with E-state index in [4.69, 9.17) is 9.47 Å². The van der Waals surface area contributed by atoms with Gasteiger partial charge in [0.25, 0.3) is 0 Å². The van der Waals surface area contributed by atoms with Gasteiger partial charge in [-0.1, -0.05) is 46.3 Å². The first kappa shape index (κ1) is 27.4. The molecule has 0 radical (unpaired) electrons. The zero-order valence-electron chi connectivity index (χ0n) is 24.8. The Morgan fingerprint density at radius 2 is 1.54 bits per heavy atom. The van der Waals surface area contributed by atoms with E-state index >= 15 is 0 Å². The topological polar surface area (TPSA) is 52.6 Å². The maximum absolute atomic E-state index is 12.6. The average Bonchev–Trinajstić information content (AvgIpc) is 2.98. The molecule has 4 nitrogen and oxygen atoms in total. The molecule has 5 aliphatic carbocycles. The maximum Gasteiger partial charge on any atom is 0.302 e. The van der Waals surface area contributed by atoms with Crippen LogP contribution in [0.4, 0.5) is 0 Å². The van der Waals surface area contributed by atoms with Gasteiger partial charge in [-0.15, -0.1) is 0 Å². The highest BCUT2D eigenvalue weighted by molar-refractivity contribution is 5.68. The molecule has 4 fully saturated rings. The number of ether oxygens (including phenoxy) is 2. The number of hydrogen-bond acceptors (Lipinski definition) is 4. The molecule has 37 heavy (non-hydrogen) atoms. The van der Waals surface area contributed by atoms with Gasteiger partial charge in [0.05, 0.1) is 11.5 Å². The Kier molecular flexibility index (Phi) is 6.62. The Morgan fingerprint density at radius 3 is 2.19 bits per heavy atom.